The summed E-state index contributed by atoms with van der Waals surface area (Å²) >= 11 is 0. The van der Waals surface area contributed by atoms with E-state index in [4.69, 9.17) is 9.47 Å². The van der Waals surface area contributed by atoms with E-state index in [1.807, 2.05) is 19.9 Å². The van der Waals surface area contributed by atoms with Gasteiger partial charge in [-0.25, -0.2) is 17.5 Å². The Kier molecular flexibility index (Phi) is 6.61. The number of rotatable bonds is 6. The lowest BCUT2D eigenvalue weighted by Crippen LogP contribution is -2.30. The lowest BCUT2D eigenvalue weighted by molar-refractivity contribution is -0.123. The fourth-order valence-electron chi connectivity index (χ4n) is 3.37. The van der Waals surface area contributed by atoms with E-state index < -0.39 is 28.0 Å². The summed E-state index contributed by atoms with van der Waals surface area (Å²) in [7, 11) is -0.797. The predicted octanol–water partition coefficient (Wildman–Crippen LogP) is 3.31. The molecule has 0 fully saturated rings. The number of benzene rings is 2. The topological polar surface area (TPSA) is 102 Å². The third-order valence-electron chi connectivity index (χ3n) is 5.66. The van der Waals surface area contributed by atoms with E-state index in [9.17, 15) is 18.0 Å². The number of hydrogen-bond acceptors (Lipinski definition) is 6. The average molecular weight is 461 g/mol. The number of esters is 1. The van der Waals surface area contributed by atoms with Crippen molar-refractivity contribution in [1.29, 1.82) is 0 Å². The van der Waals surface area contributed by atoms with Crippen molar-refractivity contribution in [3.05, 3.63) is 53.1 Å². The van der Waals surface area contributed by atoms with Gasteiger partial charge in [0.25, 0.3) is 5.91 Å². The van der Waals surface area contributed by atoms with Crippen LogP contribution in [0.15, 0.2) is 41.3 Å². The molecule has 0 aliphatic carbocycles. The lowest BCUT2D eigenvalue weighted by Gasteiger charge is -2.17. The van der Waals surface area contributed by atoms with Gasteiger partial charge < -0.3 is 14.8 Å². The Labute approximate surface area is 188 Å². The first-order valence-corrected chi connectivity index (χ1v) is 11.7. The summed E-state index contributed by atoms with van der Waals surface area (Å²) in [6, 6.07) is 9.75. The number of aryl methyl sites for hydroxylation is 1. The molecule has 172 valence electrons. The quantitative estimate of drug-likeness (QED) is 0.664. The number of para-hydroxylation sites is 1. The van der Waals surface area contributed by atoms with Gasteiger partial charge in [-0.3, -0.25) is 4.79 Å². The molecular formula is C23H28N2O6S. The number of nitrogens with one attached hydrogen (secondary N) is 1. The fraction of sp³-hybridized carbons (Fsp3) is 0.391. The molecule has 1 aliphatic heterocycles. The highest BCUT2D eigenvalue weighted by Gasteiger charge is 2.32. The first kappa shape index (κ1) is 23.7. The number of ether oxygens (including phenoxy) is 2. The van der Waals surface area contributed by atoms with E-state index in [2.05, 4.69) is 5.32 Å². The Bertz CT molecular complexity index is 1160. The van der Waals surface area contributed by atoms with Crippen molar-refractivity contribution in [1.82, 2.24) is 4.31 Å². The Morgan fingerprint density at radius 1 is 1.16 bits per heavy atom. The number of anilines is 1. The van der Waals surface area contributed by atoms with Gasteiger partial charge in [0, 0.05) is 31.3 Å². The van der Waals surface area contributed by atoms with Crippen molar-refractivity contribution in [3.63, 3.8) is 0 Å². The fourth-order valence-corrected chi connectivity index (χ4v) is 4.29. The number of nitrogens with zero attached hydrogens (tertiary/aromatic N) is 1. The molecule has 0 unspecified atom stereocenters. The zero-order valence-corrected chi connectivity index (χ0v) is 19.8. The molecule has 8 nitrogen and oxygen atoms in total. The van der Waals surface area contributed by atoms with Gasteiger partial charge in [-0.15, -0.1) is 0 Å². The second kappa shape index (κ2) is 8.91. The summed E-state index contributed by atoms with van der Waals surface area (Å²) in [5, 5.41) is 2.65. The molecule has 32 heavy (non-hydrogen) atoms. The third-order valence-corrected chi connectivity index (χ3v) is 7.47. The maximum Gasteiger partial charge on any atom is 0.342 e. The van der Waals surface area contributed by atoms with Crippen LogP contribution in [0.5, 0.6) is 5.75 Å². The highest BCUT2D eigenvalue weighted by molar-refractivity contribution is 7.89. The summed E-state index contributed by atoms with van der Waals surface area (Å²) in [6.07, 6.45) is -1.17. The van der Waals surface area contributed by atoms with Crippen LogP contribution in [0.4, 0.5) is 5.69 Å². The van der Waals surface area contributed by atoms with E-state index >= 15 is 0 Å². The molecular weight excluding hydrogens is 432 g/mol. The van der Waals surface area contributed by atoms with Crippen LogP contribution >= 0.6 is 0 Å². The minimum Gasteiger partial charge on any atom is -0.489 e. The largest absolute Gasteiger partial charge is 0.489 e. The minimum atomic E-state index is -3.66. The Hall–Kier alpha value is -2.91. The van der Waals surface area contributed by atoms with Crippen molar-refractivity contribution in [3.8, 4) is 5.75 Å². The summed E-state index contributed by atoms with van der Waals surface area (Å²) in [5.74, 6) is -0.600. The van der Waals surface area contributed by atoms with Crippen molar-refractivity contribution < 1.29 is 27.5 Å². The molecule has 3 rings (SSSR count). The number of sulfonamides is 1. The number of carbonyl (C=O) groups excluding carboxylic acids is 2. The molecule has 0 aromatic heterocycles. The van der Waals surface area contributed by atoms with Gasteiger partial charge >= 0.3 is 5.97 Å². The van der Waals surface area contributed by atoms with Crippen LogP contribution in [0, 0.1) is 6.92 Å². The Morgan fingerprint density at radius 3 is 2.50 bits per heavy atom. The first-order valence-electron chi connectivity index (χ1n) is 10.3. The van der Waals surface area contributed by atoms with Gasteiger partial charge in [-0.05, 0) is 44.5 Å². The Morgan fingerprint density at radius 2 is 1.84 bits per heavy atom. The second-order valence-electron chi connectivity index (χ2n) is 8.14. The molecule has 0 radical (unpaired) electrons. The molecule has 0 spiro atoms. The SMILES string of the molecule is Cc1ccc(S(=O)(=O)N(C)C)cc1NC(=O)[C@H](C)OC(=O)c1cccc2c1O[C@@H](C)[C@@H]2C. The van der Waals surface area contributed by atoms with Crippen molar-refractivity contribution >= 4 is 27.6 Å². The standard InChI is InChI=1S/C23H28N2O6S/c1-13-10-11-17(32(28,29)25(5)6)12-20(13)24-22(26)16(4)31-23(27)19-9-7-8-18-14(2)15(3)30-21(18)19/h7-12,14-16H,1-6H3,(H,24,26)/t14-,15-,16-/m0/s1. The maximum absolute atomic E-state index is 12.7. The van der Waals surface area contributed by atoms with E-state index in [0.29, 0.717) is 17.0 Å². The zero-order chi connectivity index (χ0) is 23.8. The van der Waals surface area contributed by atoms with E-state index in [1.54, 1.807) is 25.1 Å². The predicted molar refractivity (Wildman–Crippen MR) is 121 cm³/mol. The van der Waals surface area contributed by atoms with Crippen LogP contribution in [0.3, 0.4) is 0 Å². The molecule has 1 heterocycles. The zero-order valence-electron chi connectivity index (χ0n) is 19.0. The first-order chi connectivity index (χ1) is 14.9. The van der Waals surface area contributed by atoms with E-state index in [-0.39, 0.29) is 22.5 Å². The molecule has 0 saturated heterocycles. The van der Waals surface area contributed by atoms with Gasteiger partial charge in [0.15, 0.2) is 6.10 Å². The lowest BCUT2D eigenvalue weighted by atomic mass is 9.97. The monoisotopic (exact) mass is 460 g/mol. The van der Waals surface area contributed by atoms with E-state index in [0.717, 1.165) is 9.87 Å². The van der Waals surface area contributed by atoms with Gasteiger partial charge in [-0.2, -0.15) is 0 Å². The molecule has 1 amide bonds. The van der Waals surface area contributed by atoms with Crippen LogP contribution in [-0.4, -0.2) is 50.9 Å². The summed E-state index contributed by atoms with van der Waals surface area (Å²) in [5.41, 5.74) is 2.20. The highest BCUT2D eigenvalue weighted by Crippen LogP contribution is 2.40. The second-order valence-corrected chi connectivity index (χ2v) is 10.3. The summed E-state index contributed by atoms with van der Waals surface area (Å²) in [4.78, 5) is 25.5. The average Bonchev–Trinajstić information content (AvgIpc) is 3.03. The minimum absolute atomic E-state index is 0.0493. The summed E-state index contributed by atoms with van der Waals surface area (Å²) < 4.78 is 37.1. The van der Waals surface area contributed by atoms with Gasteiger partial charge in [0.1, 0.15) is 17.4 Å². The summed E-state index contributed by atoms with van der Waals surface area (Å²) in [6.45, 7) is 7.15. The van der Waals surface area contributed by atoms with Crippen LogP contribution in [0.2, 0.25) is 0 Å². The van der Waals surface area contributed by atoms with Crippen LogP contribution < -0.4 is 10.1 Å². The van der Waals surface area contributed by atoms with E-state index in [1.165, 1.54) is 33.2 Å². The van der Waals surface area contributed by atoms with Gasteiger partial charge in [0.2, 0.25) is 10.0 Å². The highest BCUT2D eigenvalue weighted by atomic mass is 32.2. The van der Waals surface area contributed by atoms with Gasteiger partial charge in [0.05, 0.1) is 4.90 Å². The van der Waals surface area contributed by atoms with Crippen LogP contribution in [0.25, 0.3) is 0 Å². The molecule has 0 saturated carbocycles. The smallest absolute Gasteiger partial charge is 0.342 e. The molecule has 0 bridgehead atoms. The Balaban J connectivity index is 1.75. The number of fused-ring (bicyclic) bond motifs is 1. The molecule has 9 heteroatoms. The molecule has 1 N–H and O–H groups in total. The normalized spacial score (nSPS) is 18.6. The van der Waals surface area contributed by atoms with Crippen molar-refractivity contribution in [2.45, 2.75) is 50.7 Å². The number of amides is 1. The molecule has 1 aliphatic rings. The van der Waals surface area contributed by atoms with Crippen LogP contribution in [-0.2, 0) is 19.6 Å². The van der Waals surface area contributed by atoms with Crippen molar-refractivity contribution in [2.24, 2.45) is 0 Å². The van der Waals surface area contributed by atoms with Crippen LogP contribution in [0.1, 0.15) is 48.2 Å². The van der Waals surface area contributed by atoms with Crippen molar-refractivity contribution in [2.75, 3.05) is 19.4 Å². The molecule has 2 aromatic rings. The third kappa shape index (κ3) is 4.49. The maximum atomic E-state index is 12.7. The number of carbonyl (C=O) groups is 2. The van der Waals surface area contributed by atoms with Gasteiger partial charge in [-0.1, -0.05) is 25.1 Å². The molecule has 3 atom stereocenters. The number of hydrogen-bond donors (Lipinski definition) is 1. The molecule has 2 aromatic carbocycles.